The lowest BCUT2D eigenvalue weighted by atomic mass is 10.1. The zero-order valence-electron chi connectivity index (χ0n) is 32.3. The van der Waals surface area contributed by atoms with Gasteiger partial charge in [-0.15, -0.1) is 0 Å². The first kappa shape index (κ1) is 48.0. The average Bonchev–Trinajstić information content (AvgIpc) is 3.06. The molecule has 0 amide bonds. The molecule has 0 aliphatic rings. The van der Waals surface area contributed by atoms with E-state index in [1.54, 1.807) is 0 Å². The van der Waals surface area contributed by atoms with E-state index in [1.165, 1.54) is 12.8 Å². The molecule has 0 N–H and O–H groups in total. The van der Waals surface area contributed by atoms with Gasteiger partial charge in [0.05, 0.1) is 27.7 Å². The average molecular weight is 726 g/mol. The van der Waals surface area contributed by atoms with Gasteiger partial charge < -0.3 is 27.9 Å². The van der Waals surface area contributed by atoms with Crippen molar-refractivity contribution in [2.45, 2.75) is 148 Å². The number of likely N-dealkylation sites (N-methyl/N-ethyl adjacent to an activating group) is 1. The van der Waals surface area contributed by atoms with E-state index in [9.17, 15) is 19.0 Å². The quantitative estimate of drug-likeness (QED) is 0.0212. The van der Waals surface area contributed by atoms with Crippen molar-refractivity contribution in [3.63, 3.8) is 0 Å². The first-order chi connectivity index (χ1) is 24.0. The molecule has 50 heavy (non-hydrogen) atoms. The highest BCUT2D eigenvalue weighted by molar-refractivity contribution is 7.45. The smallest absolute Gasteiger partial charge is 0.306 e. The minimum absolute atomic E-state index is 0.0375. The van der Waals surface area contributed by atoms with Gasteiger partial charge in [0.15, 0.2) is 6.10 Å². The van der Waals surface area contributed by atoms with Crippen LogP contribution in [0.4, 0.5) is 0 Å². The molecule has 0 aromatic heterocycles. The first-order valence-electron chi connectivity index (χ1n) is 19.3. The molecule has 0 fully saturated rings. The standard InChI is InChI=1S/C40H72NO8P/c1-6-8-10-12-14-16-18-19-20-21-23-25-27-29-31-33-40(43)49-38(37-48-50(44,45)47-35-34-41(3,4)5)36-46-39(42)32-30-28-26-24-22-17-15-13-11-9-7-2/h8,10,13-16,19-20,38H,6-7,9,11-12,17-18,21-37H2,1-5H3/b10-8-,15-13-,16-14-,20-19-/t38-/m1/s1. The van der Waals surface area contributed by atoms with E-state index in [1.807, 2.05) is 21.1 Å². The van der Waals surface area contributed by atoms with Gasteiger partial charge in [0.25, 0.3) is 7.82 Å². The molecule has 0 saturated carbocycles. The van der Waals surface area contributed by atoms with Crippen LogP contribution >= 0.6 is 7.82 Å². The van der Waals surface area contributed by atoms with Gasteiger partial charge in [0.1, 0.15) is 19.8 Å². The molecule has 0 rings (SSSR count). The van der Waals surface area contributed by atoms with Crippen LogP contribution < -0.4 is 4.89 Å². The predicted molar refractivity (Wildman–Crippen MR) is 203 cm³/mol. The Bertz CT molecular complexity index is 1000. The molecule has 0 aliphatic carbocycles. The fourth-order valence-electron chi connectivity index (χ4n) is 4.77. The third-order valence-corrected chi connectivity index (χ3v) is 8.80. The number of allylic oxidation sites excluding steroid dienone is 8. The number of phosphoric acid groups is 1. The Morgan fingerprint density at radius 3 is 1.72 bits per heavy atom. The van der Waals surface area contributed by atoms with Gasteiger partial charge in [-0.2, -0.15) is 0 Å². The highest BCUT2D eigenvalue weighted by Gasteiger charge is 2.21. The number of esters is 2. The van der Waals surface area contributed by atoms with Gasteiger partial charge in [0, 0.05) is 12.8 Å². The lowest BCUT2D eigenvalue weighted by Gasteiger charge is -2.28. The molecule has 0 heterocycles. The van der Waals surface area contributed by atoms with Crippen molar-refractivity contribution in [3.8, 4) is 0 Å². The van der Waals surface area contributed by atoms with Gasteiger partial charge in [-0.1, -0.05) is 114 Å². The van der Waals surface area contributed by atoms with Gasteiger partial charge in [-0.05, 0) is 64.2 Å². The van der Waals surface area contributed by atoms with Crippen molar-refractivity contribution in [2.24, 2.45) is 0 Å². The fourth-order valence-corrected chi connectivity index (χ4v) is 5.49. The maximum atomic E-state index is 12.6. The number of rotatable bonds is 34. The largest absolute Gasteiger partial charge is 0.756 e. The van der Waals surface area contributed by atoms with Gasteiger partial charge in [0.2, 0.25) is 0 Å². The lowest BCUT2D eigenvalue weighted by Crippen LogP contribution is -2.37. The van der Waals surface area contributed by atoms with Gasteiger partial charge >= 0.3 is 11.9 Å². The van der Waals surface area contributed by atoms with E-state index in [2.05, 4.69) is 62.5 Å². The second kappa shape index (κ2) is 32.8. The summed E-state index contributed by atoms with van der Waals surface area (Å²) >= 11 is 0. The number of hydrogen-bond donors (Lipinski definition) is 0. The summed E-state index contributed by atoms with van der Waals surface area (Å²) in [5, 5.41) is 0. The first-order valence-corrected chi connectivity index (χ1v) is 20.8. The van der Waals surface area contributed by atoms with Crippen molar-refractivity contribution < 1.29 is 42.1 Å². The zero-order valence-corrected chi connectivity index (χ0v) is 33.2. The SMILES string of the molecule is CC/C=C\C/C=C\C/C=C\CCCCCCCC(=O)O[C@H](COC(=O)CCCCCCC/C=C\CCCC)COP(=O)([O-])OCC[N+](C)(C)C. The van der Waals surface area contributed by atoms with Crippen molar-refractivity contribution >= 4 is 19.8 Å². The number of ether oxygens (including phenoxy) is 2. The summed E-state index contributed by atoms with van der Waals surface area (Å²) in [5.41, 5.74) is 0. The highest BCUT2D eigenvalue weighted by atomic mass is 31.2. The summed E-state index contributed by atoms with van der Waals surface area (Å²) < 4.78 is 33.7. The van der Waals surface area contributed by atoms with E-state index >= 15 is 0 Å². The Labute approximate surface area is 305 Å². The molecule has 1 unspecified atom stereocenters. The number of carbonyl (C=O) groups excluding carboxylic acids is 2. The van der Waals surface area contributed by atoms with Crippen molar-refractivity contribution in [2.75, 3.05) is 47.5 Å². The molecule has 0 aromatic rings. The number of phosphoric ester groups is 1. The molecular weight excluding hydrogens is 653 g/mol. The van der Waals surface area contributed by atoms with Crippen LogP contribution in [0.15, 0.2) is 48.6 Å². The van der Waals surface area contributed by atoms with Gasteiger partial charge in [-0.3, -0.25) is 14.2 Å². The van der Waals surface area contributed by atoms with E-state index in [-0.39, 0.29) is 26.1 Å². The molecule has 0 spiro atoms. The van der Waals surface area contributed by atoms with Crippen LogP contribution in [0.25, 0.3) is 0 Å². The van der Waals surface area contributed by atoms with Crippen LogP contribution in [0.5, 0.6) is 0 Å². The molecule has 0 radical (unpaired) electrons. The summed E-state index contributed by atoms with van der Waals surface area (Å²) in [6.45, 7) is 4.01. The molecular formula is C40H72NO8P. The summed E-state index contributed by atoms with van der Waals surface area (Å²) in [5.74, 6) is -0.872. The Morgan fingerprint density at radius 1 is 0.640 bits per heavy atom. The van der Waals surface area contributed by atoms with Crippen molar-refractivity contribution in [3.05, 3.63) is 48.6 Å². The Hall–Kier alpha value is -2.03. The zero-order chi connectivity index (χ0) is 37.2. The lowest BCUT2D eigenvalue weighted by molar-refractivity contribution is -0.870. The third kappa shape index (κ3) is 35.8. The topological polar surface area (TPSA) is 111 Å². The van der Waals surface area contributed by atoms with Crippen LogP contribution in [-0.4, -0.2) is 70.0 Å². The molecule has 9 nitrogen and oxygen atoms in total. The van der Waals surface area contributed by atoms with Crippen LogP contribution in [0, 0.1) is 0 Å². The number of unbranched alkanes of at least 4 members (excludes halogenated alkanes) is 12. The maximum absolute atomic E-state index is 12.6. The van der Waals surface area contributed by atoms with Crippen molar-refractivity contribution in [1.29, 1.82) is 0 Å². The van der Waals surface area contributed by atoms with Gasteiger partial charge in [-0.25, -0.2) is 0 Å². The molecule has 290 valence electrons. The van der Waals surface area contributed by atoms with E-state index in [4.69, 9.17) is 18.5 Å². The van der Waals surface area contributed by atoms with E-state index in [0.29, 0.717) is 23.9 Å². The highest BCUT2D eigenvalue weighted by Crippen LogP contribution is 2.38. The second-order valence-corrected chi connectivity index (χ2v) is 15.3. The van der Waals surface area contributed by atoms with E-state index < -0.39 is 32.5 Å². The fraction of sp³-hybridized carbons (Fsp3) is 0.750. The molecule has 0 saturated heterocycles. The predicted octanol–water partition coefficient (Wildman–Crippen LogP) is 9.72. The van der Waals surface area contributed by atoms with Crippen LogP contribution in [0.1, 0.15) is 142 Å². The third-order valence-electron chi connectivity index (χ3n) is 7.83. The number of hydrogen-bond acceptors (Lipinski definition) is 8. The summed E-state index contributed by atoms with van der Waals surface area (Å²) in [6.07, 6.45) is 35.7. The summed E-state index contributed by atoms with van der Waals surface area (Å²) in [7, 11) is 1.14. The Kier molecular flexibility index (Phi) is 31.5. The number of carbonyl (C=O) groups is 2. The number of quaternary nitrogens is 1. The van der Waals surface area contributed by atoms with Crippen LogP contribution in [-0.2, 0) is 32.7 Å². The second-order valence-electron chi connectivity index (χ2n) is 13.9. The molecule has 0 bridgehead atoms. The molecule has 0 aromatic carbocycles. The minimum atomic E-state index is -4.62. The molecule has 2 atom stereocenters. The van der Waals surface area contributed by atoms with Crippen molar-refractivity contribution in [1.82, 2.24) is 0 Å². The molecule has 10 heteroatoms. The van der Waals surface area contributed by atoms with Crippen LogP contribution in [0.3, 0.4) is 0 Å². The maximum Gasteiger partial charge on any atom is 0.306 e. The normalized spacial score (nSPS) is 14.3. The summed E-state index contributed by atoms with van der Waals surface area (Å²) in [4.78, 5) is 37.3. The van der Waals surface area contributed by atoms with Crippen LogP contribution in [0.2, 0.25) is 0 Å². The Morgan fingerprint density at radius 2 is 1.14 bits per heavy atom. The van der Waals surface area contributed by atoms with E-state index in [0.717, 1.165) is 89.9 Å². The Balaban J connectivity index is 4.48. The molecule has 0 aliphatic heterocycles. The summed E-state index contributed by atoms with van der Waals surface area (Å²) in [6, 6.07) is 0. The monoisotopic (exact) mass is 725 g/mol. The number of nitrogens with zero attached hydrogens (tertiary/aromatic N) is 1. The minimum Gasteiger partial charge on any atom is -0.756 e.